The van der Waals surface area contributed by atoms with Crippen molar-refractivity contribution in [2.45, 2.75) is 161 Å². The van der Waals surface area contributed by atoms with E-state index < -0.39 is 6.10 Å². The lowest BCUT2D eigenvalue weighted by atomic mass is 9.88. The quantitative estimate of drug-likeness (QED) is 0.109. The van der Waals surface area contributed by atoms with Crippen molar-refractivity contribution in [3.63, 3.8) is 0 Å². The molecule has 0 radical (unpaired) electrons. The molecular weight excluding hydrogens is 546 g/mol. The normalized spacial score (nSPS) is 20.5. The van der Waals surface area contributed by atoms with Crippen LogP contribution in [-0.4, -0.2) is 34.8 Å². The van der Waals surface area contributed by atoms with Crippen LogP contribution in [0.4, 0.5) is 0 Å². The molecule has 5 nitrogen and oxygen atoms in total. The second-order valence-electron chi connectivity index (χ2n) is 14.0. The van der Waals surface area contributed by atoms with Crippen LogP contribution in [0.25, 0.3) is 10.8 Å². The Morgan fingerprint density at radius 1 is 0.750 bits per heavy atom. The highest BCUT2D eigenvalue weighted by Crippen LogP contribution is 2.36. The lowest BCUT2D eigenvalue weighted by Crippen LogP contribution is -2.49. The highest BCUT2D eigenvalue weighted by atomic mass is 16.5. The summed E-state index contributed by atoms with van der Waals surface area (Å²) in [6.07, 6.45) is 22.9. The van der Waals surface area contributed by atoms with Crippen molar-refractivity contribution in [1.82, 2.24) is 4.90 Å². The van der Waals surface area contributed by atoms with Gasteiger partial charge in [-0.2, -0.15) is 0 Å². The van der Waals surface area contributed by atoms with Gasteiger partial charge in [0.05, 0.1) is 17.2 Å². The van der Waals surface area contributed by atoms with Crippen molar-refractivity contribution >= 4 is 28.6 Å². The maximum atomic E-state index is 13.7. The van der Waals surface area contributed by atoms with E-state index in [1.807, 2.05) is 12.1 Å². The number of fused-ring (bicyclic) bond motifs is 3. The minimum atomic E-state index is -0.412. The number of amides is 2. The molecule has 3 aliphatic rings. The molecule has 0 unspecified atom stereocenters. The van der Waals surface area contributed by atoms with Gasteiger partial charge in [-0.1, -0.05) is 103 Å². The zero-order valence-electron chi connectivity index (χ0n) is 27.5. The van der Waals surface area contributed by atoms with Crippen LogP contribution in [0.1, 0.15) is 168 Å². The smallest absolute Gasteiger partial charge is 0.306 e. The van der Waals surface area contributed by atoms with Crippen LogP contribution in [0.3, 0.4) is 0 Å². The van der Waals surface area contributed by atoms with E-state index in [1.165, 1.54) is 93.1 Å². The molecule has 2 aromatic rings. The molecule has 5 heteroatoms. The Bertz CT molecular complexity index is 1230. The maximum absolute atomic E-state index is 13.7. The van der Waals surface area contributed by atoms with Crippen molar-refractivity contribution in [3.05, 3.63) is 46.5 Å². The van der Waals surface area contributed by atoms with Gasteiger partial charge >= 0.3 is 5.97 Å². The number of imide groups is 1. The van der Waals surface area contributed by atoms with Gasteiger partial charge in [-0.3, -0.25) is 19.3 Å². The van der Waals surface area contributed by atoms with Crippen LogP contribution in [-0.2, 0) is 22.4 Å². The van der Waals surface area contributed by atoms with Crippen molar-refractivity contribution in [1.29, 1.82) is 0 Å². The van der Waals surface area contributed by atoms with Crippen molar-refractivity contribution in [2.75, 3.05) is 0 Å². The largest absolute Gasteiger partial charge is 0.460 e. The van der Waals surface area contributed by atoms with Crippen LogP contribution in [0, 0.1) is 5.92 Å². The summed E-state index contributed by atoms with van der Waals surface area (Å²) in [6, 6.07) is 7.88. The summed E-state index contributed by atoms with van der Waals surface area (Å²) in [5, 5.41) is 2.07. The first-order chi connectivity index (χ1) is 21.5. The Hall–Kier alpha value is -2.69. The predicted octanol–water partition coefficient (Wildman–Crippen LogP) is 9.90. The average molecular weight is 602 g/mol. The van der Waals surface area contributed by atoms with E-state index in [4.69, 9.17) is 4.74 Å². The van der Waals surface area contributed by atoms with Gasteiger partial charge in [0.15, 0.2) is 0 Å². The van der Waals surface area contributed by atoms with Gasteiger partial charge in [0.25, 0.3) is 11.8 Å². The maximum Gasteiger partial charge on any atom is 0.306 e. The fourth-order valence-corrected chi connectivity index (χ4v) is 7.67. The molecule has 1 saturated carbocycles. The number of rotatable bonds is 16. The minimum absolute atomic E-state index is 0.188. The fourth-order valence-electron chi connectivity index (χ4n) is 7.67. The molecule has 1 fully saturated rings. The first-order valence-corrected chi connectivity index (χ1v) is 18.1. The summed E-state index contributed by atoms with van der Waals surface area (Å²) in [7, 11) is 0. The zero-order chi connectivity index (χ0) is 30.9. The van der Waals surface area contributed by atoms with Crippen molar-refractivity contribution in [2.24, 2.45) is 5.92 Å². The molecule has 0 saturated heterocycles. The molecule has 0 N–H and O–H groups in total. The molecule has 0 spiro atoms. The molecule has 1 heterocycles. The molecule has 3 atom stereocenters. The molecule has 2 aromatic carbocycles. The Morgan fingerprint density at radius 3 is 1.84 bits per heavy atom. The van der Waals surface area contributed by atoms with E-state index in [1.54, 1.807) is 0 Å². The van der Waals surface area contributed by atoms with Gasteiger partial charge in [0.2, 0.25) is 0 Å². The van der Waals surface area contributed by atoms with E-state index in [9.17, 15) is 14.4 Å². The lowest BCUT2D eigenvalue weighted by Gasteiger charge is -2.36. The first-order valence-electron chi connectivity index (χ1n) is 18.1. The zero-order valence-corrected chi connectivity index (χ0v) is 27.5. The number of aryl methyl sites for hydroxylation is 2. The Morgan fingerprint density at radius 2 is 1.27 bits per heavy atom. The number of benzene rings is 2. The lowest BCUT2D eigenvalue weighted by molar-refractivity contribution is -0.153. The van der Waals surface area contributed by atoms with Crippen LogP contribution >= 0.6 is 0 Å². The fraction of sp³-hybridized carbons (Fsp3) is 0.667. The third-order valence-electron chi connectivity index (χ3n) is 10.6. The third kappa shape index (κ3) is 8.12. The highest BCUT2D eigenvalue weighted by Gasteiger charge is 2.45. The number of unbranched alkanes of at least 4 members (excludes halogenated alkanes) is 9. The molecular formula is C39H55NO4. The van der Waals surface area contributed by atoms with Crippen LogP contribution in [0.5, 0.6) is 0 Å². The van der Waals surface area contributed by atoms with Crippen LogP contribution in [0.2, 0.25) is 0 Å². The van der Waals surface area contributed by atoms with E-state index in [0.717, 1.165) is 55.2 Å². The summed E-state index contributed by atoms with van der Waals surface area (Å²) in [5.74, 6) is 0.221. The molecule has 2 aliphatic carbocycles. The molecule has 0 aromatic heterocycles. The first kappa shape index (κ1) is 32.7. The summed E-state index contributed by atoms with van der Waals surface area (Å²) in [4.78, 5) is 41.6. The molecule has 2 amide bonds. The van der Waals surface area contributed by atoms with Gasteiger partial charge in [-0.15, -0.1) is 0 Å². The van der Waals surface area contributed by atoms with E-state index in [0.29, 0.717) is 30.4 Å². The number of carbonyl (C=O) groups excluding carboxylic acids is 3. The minimum Gasteiger partial charge on any atom is -0.460 e. The molecule has 0 bridgehead atoms. The van der Waals surface area contributed by atoms with E-state index in [-0.39, 0.29) is 23.8 Å². The Kier molecular flexibility index (Phi) is 11.9. The van der Waals surface area contributed by atoms with E-state index in [2.05, 4.69) is 26.0 Å². The van der Waals surface area contributed by atoms with Crippen molar-refractivity contribution in [3.8, 4) is 0 Å². The summed E-state index contributed by atoms with van der Waals surface area (Å²) < 4.78 is 5.99. The van der Waals surface area contributed by atoms with Gasteiger partial charge in [0, 0.05) is 6.42 Å². The van der Waals surface area contributed by atoms with Crippen molar-refractivity contribution < 1.29 is 19.1 Å². The van der Waals surface area contributed by atoms with Crippen LogP contribution in [0.15, 0.2) is 24.3 Å². The number of hydrogen-bond acceptors (Lipinski definition) is 4. The number of nitrogens with zero attached hydrogens (tertiary/aromatic N) is 1. The second-order valence-corrected chi connectivity index (χ2v) is 14.0. The summed E-state index contributed by atoms with van der Waals surface area (Å²) in [6.45, 7) is 4.64. The Balaban J connectivity index is 1.06. The van der Waals surface area contributed by atoms with Gasteiger partial charge in [-0.05, 0) is 91.3 Å². The molecule has 240 valence electrons. The third-order valence-corrected chi connectivity index (χ3v) is 10.6. The number of esters is 1. The molecule has 1 aliphatic heterocycles. The van der Waals surface area contributed by atoms with Crippen LogP contribution < -0.4 is 0 Å². The molecule has 44 heavy (non-hydrogen) atoms. The SMILES string of the molecule is CC[C@H](C)CCCCCCCCCCCCC(=O)O[C@H]1CCCC[C@@H]1N1C(=O)c2cc3cc4c(cc3cc2C1=O)CCCC4. The summed E-state index contributed by atoms with van der Waals surface area (Å²) >= 11 is 0. The summed E-state index contributed by atoms with van der Waals surface area (Å²) in [5.41, 5.74) is 3.73. The van der Waals surface area contributed by atoms with E-state index >= 15 is 0 Å². The Labute approximate surface area is 265 Å². The number of hydrogen-bond donors (Lipinski definition) is 0. The topological polar surface area (TPSA) is 63.7 Å². The predicted molar refractivity (Wildman–Crippen MR) is 178 cm³/mol. The second kappa shape index (κ2) is 16.0. The molecule has 5 rings (SSSR count). The number of ether oxygens (including phenoxy) is 1. The monoisotopic (exact) mass is 601 g/mol. The van der Waals surface area contributed by atoms with Gasteiger partial charge in [0.1, 0.15) is 6.10 Å². The van der Waals surface area contributed by atoms with Gasteiger partial charge < -0.3 is 4.74 Å². The highest BCUT2D eigenvalue weighted by molar-refractivity contribution is 6.23. The average Bonchev–Trinajstić information content (AvgIpc) is 3.27. The standard InChI is InChI=1S/C39H55NO4/c1-3-28(2)18-12-10-8-6-4-5-7-9-11-13-23-37(41)44-36-22-17-16-21-35(36)40-38(42)33-26-31-24-29-19-14-15-20-30(29)25-32(31)27-34(33)39(40)43/h24-28,35-36H,3-23H2,1-2H3/t28-,35-,36-/m0/s1. The number of carbonyl (C=O) groups is 3. The van der Waals surface area contributed by atoms with Gasteiger partial charge in [-0.25, -0.2) is 0 Å².